The van der Waals surface area contributed by atoms with E-state index in [0.717, 1.165) is 36.6 Å². The van der Waals surface area contributed by atoms with Crippen molar-refractivity contribution in [3.8, 4) is 6.07 Å². The van der Waals surface area contributed by atoms with E-state index in [1.54, 1.807) is 22.7 Å². The minimum Gasteiger partial charge on any atom is -0.370 e. The Morgan fingerprint density at radius 3 is 2.59 bits per heavy atom. The Labute approximate surface area is 177 Å². The summed E-state index contributed by atoms with van der Waals surface area (Å²) in [5, 5.41) is 10.2. The van der Waals surface area contributed by atoms with Gasteiger partial charge in [0.2, 0.25) is 0 Å². The molecule has 29 heavy (non-hydrogen) atoms. The Morgan fingerprint density at radius 2 is 1.76 bits per heavy atom. The molecular formula is C23H19N3OS2. The Kier molecular flexibility index (Phi) is 4.70. The van der Waals surface area contributed by atoms with Crippen molar-refractivity contribution in [2.24, 2.45) is 0 Å². The molecule has 0 saturated carbocycles. The van der Waals surface area contributed by atoms with E-state index in [0.29, 0.717) is 12.1 Å². The molecule has 144 valence electrons. The summed E-state index contributed by atoms with van der Waals surface area (Å²) in [6, 6.07) is 20.3. The van der Waals surface area contributed by atoms with Gasteiger partial charge in [0, 0.05) is 46.7 Å². The molecule has 0 radical (unpaired) electrons. The van der Waals surface area contributed by atoms with Gasteiger partial charge in [0.25, 0.3) is 5.91 Å². The first-order chi connectivity index (χ1) is 14.2. The molecule has 2 aromatic carbocycles. The summed E-state index contributed by atoms with van der Waals surface area (Å²) in [5.74, 6) is 0.143. The predicted octanol–water partition coefficient (Wildman–Crippen LogP) is 5.34. The number of hydrogen-bond acceptors (Lipinski definition) is 5. The molecule has 0 bridgehead atoms. The van der Waals surface area contributed by atoms with Crippen LogP contribution in [0.5, 0.6) is 0 Å². The van der Waals surface area contributed by atoms with Crippen molar-refractivity contribution >= 4 is 53.8 Å². The largest absolute Gasteiger partial charge is 0.370 e. The summed E-state index contributed by atoms with van der Waals surface area (Å²) in [7, 11) is 0. The molecule has 1 aliphatic rings. The number of hydrogen-bond donors (Lipinski definition) is 0. The number of carbonyl (C=O) groups is 1. The number of anilines is 1. The maximum Gasteiger partial charge on any atom is 0.264 e. The number of carbonyl (C=O) groups excluding carboxylic acids is 1. The van der Waals surface area contributed by atoms with Crippen LogP contribution in [-0.2, 0) is 0 Å². The molecule has 5 rings (SSSR count). The Morgan fingerprint density at radius 1 is 0.931 bits per heavy atom. The van der Waals surface area contributed by atoms with Crippen LogP contribution in [0.4, 0.5) is 5.69 Å². The van der Waals surface area contributed by atoms with Gasteiger partial charge in [0.15, 0.2) is 0 Å². The number of fused-ring (bicyclic) bond motifs is 3. The highest BCUT2D eigenvalue weighted by Gasteiger charge is 2.23. The summed E-state index contributed by atoms with van der Waals surface area (Å²) in [5.41, 5.74) is 1.78. The number of rotatable bonds is 2. The van der Waals surface area contributed by atoms with Crippen molar-refractivity contribution in [1.82, 2.24) is 4.90 Å². The fourth-order valence-electron chi connectivity index (χ4n) is 3.89. The zero-order chi connectivity index (χ0) is 19.8. The van der Waals surface area contributed by atoms with Crippen molar-refractivity contribution in [2.75, 3.05) is 31.1 Å². The van der Waals surface area contributed by atoms with Crippen molar-refractivity contribution < 1.29 is 4.79 Å². The molecule has 1 aliphatic heterocycles. The van der Waals surface area contributed by atoms with Crippen LogP contribution in [-0.4, -0.2) is 37.0 Å². The molecule has 1 amide bonds. The van der Waals surface area contributed by atoms with Crippen LogP contribution in [0.25, 0.3) is 19.5 Å². The summed E-state index contributed by atoms with van der Waals surface area (Å²) < 4.78 is 3.71. The average Bonchev–Trinajstić information content (AvgIpc) is 3.22. The molecule has 4 aromatic rings. The Bertz CT molecular complexity index is 1230. The van der Waals surface area contributed by atoms with Gasteiger partial charge in [-0.3, -0.25) is 4.79 Å². The first-order valence-electron chi connectivity index (χ1n) is 9.68. The molecule has 4 nitrogen and oxygen atoms in total. The van der Waals surface area contributed by atoms with Crippen LogP contribution < -0.4 is 4.90 Å². The van der Waals surface area contributed by atoms with Crippen LogP contribution >= 0.6 is 22.7 Å². The number of amides is 1. The van der Waals surface area contributed by atoms with Crippen LogP contribution in [0.15, 0.2) is 54.6 Å². The maximum atomic E-state index is 13.2. The SMILES string of the molecule is N#Cc1ccc(N2CCCN(C(=O)c3cc4sc5ccccc5c4s3)CC2)cc1. The highest BCUT2D eigenvalue weighted by atomic mass is 32.1. The van der Waals surface area contributed by atoms with Crippen molar-refractivity contribution in [1.29, 1.82) is 5.26 Å². The van der Waals surface area contributed by atoms with Crippen LogP contribution in [0.2, 0.25) is 0 Å². The lowest BCUT2D eigenvalue weighted by molar-refractivity contribution is 0.0772. The first-order valence-corrected chi connectivity index (χ1v) is 11.3. The second-order valence-corrected chi connectivity index (χ2v) is 9.33. The van der Waals surface area contributed by atoms with Gasteiger partial charge in [-0.2, -0.15) is 5.26 Å². The van der Waals surface area contributed by atoms with Gasteiger partial charge in [0.05, 0.1) is 21.2 Å². The minimum absolute atomic E-state index is 0.143. The second kappa shape index (κ2) is 7.51. The average molecular weight is 418 g/mol. The van der Waals surface area contributed by atoms with Gasteiger partial charge in [-0.05, 0) is 42.8 Å². The lowest BCUT2D eigenvalue weighted by atomic mass is 10.2. The fourth-order valence-corrected chi connectivity index (χ4v) is 6.38. The molecule has 0 aliphatic carbocycles. The highest BCUT2D eigenvalue weighted by molar-refractivity contribution is 7.33. The van der Waals surface area contributed by atoms with Gasteiger partial charge in [-0.15, -0.1) is 22.7 Å². The van der Waals surface area contributed by atoms with Crippen molar-refractivity contribution in [2.45, 2.75) is 6.42 Å². The predicted molar refractivity (Wildman–Crippen MR) is 121 cm³/mol. The highest BCUT2D eigenvalue weighted by Crippen LogP contribution is 2.39. The summed E-state index contributed by atoms with van der Waals surface area (Å²) in [6.07, 6.45) is 0.939. The number of nitriles is 1. The van der Waals surface area contributed by atoms with E-state index >= 15 is 0 Å². The standard InChI is InChI=1S/C23H19N3OS2/c24-15-16-6-8-17(9-7-16)25-10-3-11-26(13-12-25)23(27)21-14-20-22(29-21)18-4-1-2-5-19(18)28-20/h1-2,4-9,14H,3,10-13H2. The molecule has 6 heteroatoms. The Hall–Kier alpha value is -2.88. The molecule has 0 atom stereocenters. The summed E-state index contributed by atoms with van der Waals surface area (Å²) in [4.78, 5) is 18.3. The molecular weight excluding hydrogens is 398 g/mol. The van der Waals surface area contributed by atoms with E-state index in [9.17, 15) is 4.79 Å². The molecule has 3 heterocycles. The third-order valence-electron chi connectivity index (χ3n) is 5.41. The lowest BCUT2D eigenvalue weighted by Gasteiger charge is -2.23. The van der Waals surface area contributed by atoms with E-state index in [-0.39, 0.29) is 5.91 Å². The van der Waals surface area contributed by atoms with E-state index in [4.69, 9.17) is 5.26 Å². The van der Waals surface area contributed by atoms with Gasteiger partial charge in [-0.1, -0.05) is 18.2 Å². The van der Waals surface area contributed by atoms with E-state index in [1.807, 2.05) is 29.2 Å². The van der Waals surface area contributed by atoms with Gasteiger partial charge >= 0.3 is 0 Å². The van der Waals surface area contributed by atoms with Crippen LogP contribution in [0.3, 0.4) is 0 Å². The van der Waals surface area contributed by atoms with Crippen molar-refractivity contribution in [3.63, 3.8) is 0 Å². The molecule has 1 fully saturated rings. The van der Waals surface area contributed by atoms with E-state index < -0.39 is 0 Å². The third-order valence-corrected chi connectivity index (χ3v) is 7.81. The minimum atomic E-state index is 0.143. The zero-order valence-corrected chi connectivity index (χ0v) is 17.4. The number of benzene rings is 2. The van der Waals surface area contributed by atoms with Gasteiger partial charge in [0.1, 0.15) is 0 Å². The summed E-state index contributed by atoms with van der Waals surface area (Å²) in [6.45, 7) is 3.21. The number of nitrogens with zero attached hydrogens (tertiary/aromatic N) is 3. The van der Waals surface area contributed by atoms with Crippen molar-refractivity contribution in [3.05, 3.63) is 65.0 Å². The molecule has 2 aromatic heterocycles. The molecule has 0 unspecified atom stereocenters. The maximum absolute atomic E-state index is 13.2. The Balaban J connectivity index is 1.33. The second-order valence-electron chi connectivity index (χ2n) is 7.19. The molecule has 0 spiro atoms. The zero-order valence-electron chi connectivity index (χ0n) is 15.8. The lowest BCUT2D eigenvalue weighted by Crippen LogP contribution is -2.34. The quantitative estimate of drug-likeness (QED) is 0.442. The smallest absolute Gasteiger partial charge is 0.264 e. The normalized spacial score (nSPS) is 14.9. The molecule has 0 N–H and O–H groups in total. The van der Waals surface area contributed by atoms with Gasteiger partial charge in [-0.25, -0.2) is 0 Å². The van der Waals surface area contributed by atoms with Gasteiger partial charge < -0.3 is 9.80 Å². The third kappa shape index (κ3) is 3.37. The summed E-state index contributed by atoms with van der Waals surface area (Å²) >= 11 is 3.38. The number of thiophene rings is 2. The fraction of sp³-hybridized carbons (Fsp3) is 0.217. The van der Waals surface area contributed by atoms with E-state index in [1.165, 1.54) is 19.5 Å². The topological polar surface area (TPSA) is 47.3 Å². The van der Waals surface area contributed by atoms with E-state index in [2.05, 4.69) is 41.3 Å². The first kappa shape index (κ1) is 18.2. The molecule has 1 saturated heterocycles. The van der Waals surface area contributed by atoms with Crippen LogP contribution in [0.1, 0.15) is 21.7 Å². The van der Waals surface area contributed by atoms with Crippen LogP contribution in [0, 0.1) is 11.3 Å². The monoisotopic (exact) mass is 417 g/mol.